The Balaban J connectivity index is 2.72. The van der Waals surface area contributed by atoms with E-state index in [-0.39, 0.29) is 11.8 Å². The summed E-state index contributed by atoms with van der Waals surface area (Å²) in [6.07, 6.45) is 4.84. The molecule has 0 heterocycles. The zero-order valence-electron chi connectivity index (χ0n) is 12.9. The molecule has 3 N–H and O–H groups in total. The van der Waals surface area contributed by atoms with Crippen LogP contribution in [0, 0.1) is 5.41 Å². The normalized spacial score (nSPS) is 12.6. The van der Waals surface area contributed by atoms with Crippen LogP contribution >= 0.6 is 0 Å². The molecule has 0 spiro atoms. The Hall–Kier alpha value is -1.35. The summed E-state index contributed by atoms with van der Waals surface area (Å²) in [4.78, 5) is 2.46. The van der Waals surface area contributed by atoms with Gasteiger partial charge >= 0.3 is 0 Å². The number of hydrogen-bond acceptors (Lipinski definition) is 2. The predicted molar refractivity (Wildman–Crippen MR) is 87.4 cm³/mol. The third-order valence-corrected chi connectivity index (χ3v) is 3.67. The lowest BCUT2D eigenvalue weighted by atomic mass is 9.97. The van der Waals surface area contributed by atoms with Crippen molar-refractivity contribution in [2.24, 2.45) is 5.73 Å². The molecule has 20 heavy (non-hydrogen) atoms. The summed E-state index contributed by atoms with van der Waals surface area (Å²) in [5.74, 6) is 0.291. The average Bonchev–Trinajstić information content (AvgIpc) is 2.47. The number of nitrogens with zero attached hydrogens (tertiary/aromatic N) is 1. The topological polar surface area (TPSA) is 53.1 Å². The Kier molecular flexibility index (Phi) is 7.97. The highest BCUT2D eigenvalue weighted by Crippen LogP contribution is 2.17. The van der Waals surface area contributed by atoms with Gasteiger partial charge in [0.1, 0.15) is 0 Å². The standard InChI is InChI=1S/C17H29N3/c1-3-5-12-20(13-6-4-2)14-16(17(18)19)15-10-8-7-9-11-15/h7-11,16H,3-6,12-14H2,1-2H3,(H3,18,19). The Bertz CT molecular complexity index is 367. The summed E-state index contributed by atoms with van der Waals surface area (Å²) in [7, 11) is 0. The Morgan fingerprint density at radius 3 is 2.10 bits per heavy atom. The molecule has 0 fully saturated rings. The van der Waals surface area contributed by atoms with Crippen LogP contribution < -0.4 is 5.73 Å². The van der Waals surface area contributed by atoms with E-state index < -0.39 is 0 Å². The van der Waals surface area contributed by atoms with Crippen molar-refractivity contribution in [3.63, 3.8) is 0 Å². The molecule has 0 saturated heterocycles. The minimum atomic E-state index is 0.0184. The molecule has 0 amide bonds. The van der Waals surface area contributed by atoms with Crippen molar-refractivity contribution in [2.75, 3.05) is 19.6 Å². The molecule has 0 aliphatic heterocycles. The van der Waals surface area contributed by atoms with E-state index in [1.807, 2.05) is 18.2 Å². The van der Waals surface area contributed by atoms with Crippen LogP contribution in [0.2, 0.25) is 0 Å². The van der Waals surface area contributed by atoms with Gasteiger partial charge in [0.15, 0.2) is 0 Å². The summed E-state index contributed by atoms with van der Waals surface area (Å²) >= 11 is 0. The van der Waals surface area contributed by atoms with Gasteiger partial charge in [-0.1, -0.05) is 57.0 Å². The van der Waals surface area contributed by atoms with Crippen LogP contribution in [0.5, 0.6) is 0 Å². The van der Waals surface area contributed by atoms with Gasteiger partial charge in [-0.3, -0.25) is 5.41 Å². The van der Waals surface area contributed by atoms with Gasteiger partial charge in [0.05, 0.1) is 11.8 Å². The summed E-state index contributed by atoms with van der Waals surface area (Å²) in [6.45, 7) is 7.51. The third kappa shape index (κ3) is 5.74. The van der Waals surface area contributed by atoms with Crippen LogP contribution in [0.25, 0.3) is 0 Å². The molecule has 3 nitrogen and oxygen atoms in total. The zero-order chi connectivity index (χ0) is 14.8. The fraction of sp³-hybridized carbons (Fsp3) is 0.588. The number of unbranched alkanes of at least 4 members (excludes halogenated alkanes) is 2. The van der Waals surface area contributed by atoms with Crippen LogP contribution in [0.3, 0.4) is 0 Å². The number of benzene rings is 1. The molecule has 112 valence electrons. The van der Waals surface area contributed by atoms with Gasteiger partial charge in [0.25, 0.3) is 0 Å². The number of nitrogens with two attached hydrogens (primary N) is 1. The molecule has 0 aliphatic carbocycles. The Morgan fingerprint density at radius 2 is 1.65 bits per heavy atom. The fourth-order valence-electron chi connectivity index (χ4n) is 2.38. The van der Waals surface area contributed by atoms with Crippen LogP contribution in [-0.2, 0) is 0 Å². The largest absolute Gasteiger partial charge is 0.387 e. The zero-order valence-corrected chi connectivity index (χ0v) is 12.9. The molecule has 1 rings (SSSR count). The first kappa shape index (κ1) is 16.7. The summed E-state index contributed by atoms with van der Waals surface area (Å²) in [5, 5.41) is 7.89. The molecule has 0 saturated carbocycles. The fourth-order valence-corrected chi connectivity index (χ4v) is 2.38. The van der Waals surface area contributed by atoms with Crippen molar-refractivity contribution in [1.82, 2.24) is 4.90 Å². The minimum absolute atomic E-state index is 0.0184. The first-order valence-electron chi connectivity index (χ1n) is 7.80. The van der Waals surface area contributed by atoms with Gasteiger partial charge in [-0.15, -0.1) is 0 Å². The predicted octanol–water partition coefficient (Wildman–Crippen LogP) is 3.61. The average molecular weight is 275 g/mol. The monoisotopic (exact) mass is 275 g/mol. The van der Waals surface area contributed by atoms with Gasteiger partial charge in [0.2, 0.25) is 0 Å². The Morgan fingerprint density at radius 1 is 1.10 bits per heavy atom. The van der Waals surface area contributed by atoms with E-state index in [1.54, 1.807) is 0 Å². The highest BCUT2D eigenvalue weighted by Gasteiger charge is 2.18. The van der Waals surface area contributed by atoms with Crippen molar-refractivity contribution in [2.45, 2.75) is 45.4 Å². The van der Waals surface area contributed by atoms with Crippen LogP contribution in [-0.4, -0.2) is 30.4 Å². The van der Waals surface area contributed by atoms with Gasteiger partial charge in [-0.05, 0) is 31.5 Å². The molecular formula is C17H29N3. The van der Waals surface area contributed by atoms with E-state index >= 15 is 0 Å². The molecule has 1 atom stereocenters. The molecule has 0 radical (unpaired) electrons. The molecule has 1 unspecified atom stereocenters. The second-order valence-electron chi connectivity index (χ2n) is 5.43. The lowest BCUT2D eigenvalue weighted by Crippen LogP contribution is -2.35. The molecule has 1 aromatic carbocycles. The van der Waals surface area contributed by atoms with Crippen molar-refractivity contribution in [1.29, 1.82) is 5.41 Å². The van der Waals surface area contributed by atoms with E-state index in [0.717, 1.165) is 25.2 Å². The highest BCUT2D eigenvalue weighted by atomic mass is 15.1. The number of nitrogens with one attached hydrogen (secondary N) is 1. The smallest absolute Gasteiger partial charge is 0.0995 e. The van der Waals surface area contributed by atoms with E-state index in [0.29, 0.717) is 0 Å². The maximum Gasteiger partial charge on any atom is 0.0995 e. The second-order valence-corrected chi connectivity index (χ2v) is 5.43. The van der Waals surface area contributed by atoms with Crippen molar-refractivity contribution >= 4 is 5.84 Å². The van der Waals surface area contributed by atoms with Gasteiger partial charge in [-0.2, -0.15) is 0 Å². The number of rotatable bonds is 10. The molecule has 0 bridgehead atoms. The summed E-state index contributed by atoms with van der Waals surface area (Å²) in [6, 6.07) is 10.2. The maximum atomic E-state index is 7.89. The van der Waals surface area contributed by atoms with Crippen LogP contribution in [0.1, 0.15) is 51.0 Å². The molecule has 0 aromatic heterocycles. The van der Waals surface area contributed by atoms with Crippen LogP contribution in [0.15, 0.2) is 30.3 Å². The SMILES string of the molecule is CCCCN(CCCC)CC(C(=N)N)c1ccccc1. The molecule has 0 aliphatic rings. The first-order valence-corrected chi connectivity index (χ1v) is 7.80. The highest BCUT2D eigenvalue weighted by molar-refractivity contribution is 5.84. The Labute approximate surface area is 123 Å². The summed E-state index contributed by atoms with van der Waals surface area (Å²) < 4.78 is 0. The van der Waals surface area contributed by atoms with E-state index in [2.05, 4.69) is 30.9 Å². The summed E-state index contributed by atoms with van der Waals surface area (Å²) in [5.41, 5.74) is 6.98. The lowest BCUT2D eigenvalue weighted by molar-refractivity contribution is 0.262. The van der Waals surface area contributed by atoms with Crippen molar-refractivity contribution < 1.29 is 0 Å². The van der Waals surface area contributed by atoms with Crippen molar-refractivity contribution in [3.8, 4) is 0 Å². The third-order valence-electron chi connectivity index (χ3n) is 3.67. The first-order chi connectivity index (χ1) is 9.69. The number of hydrogen-bond donors (Lipinski definition) is 2. The van der Waals surface area contributed by atoms with E-state index in [4.69, 9.17) is 11.1 Å². The molecule has 3 heteroatoms. The van der Waals surface area contributed by atoms with Gasteiger partial charge < -0.3 is 10.6 Å². The second kappa shape index (κ2) is 9.54. The quantitative estimate of drug-likeness (QED) is 0.506. The number of amidine groups is 1. The van der Waals surface area contributed by atoms with Crippen LogP contribution in [0.4, 0.5) is 0 Å². The maximum absolute atomic E-state index is 7.89. The van der Waals surface area contributed by atoms with Gasteiger partial charge in [0, 0.05) is 6.54 Å². The minimum Gasteiger partial charge on any atom is -0.387 e. The van der Waals surface area contributed by atoms with E-state index in [9.17, 15) is 0 Å². The lowest BCUT2D eigenvalue weighted by Gasteiger charge is -2.27. The molecular weight excluding hydrogens is 246 g/mol. The van der Waals surface area contributed by atoms with Gasteiger partial charge in [-0.25, -0.2) is 0 Å². The molecule has 1 aromatic rings. The van der Waals surface area contributed by atoms with Crippen molar-refractivity contribution in [3.05, 3.63) is 35.9 Å². The van der Waals surface area contributed by atoms with E-state index in [1.165, 1.54) is 25.7 Å².